The van der Waals surface area contributed by atoms with Crippen LogP contribution in [0.2, 0.25) is 0 Å². The fourth-order valence-electron chi connectivity index (χ4n) is 3.04. The standard InChI is InChI=1S/C13H24B2F2N2O5P/c1-4-6-11(9(17)13(15)23-6)19-25(20,21-3)22-5-7-10(18-2)8(16)12(14)24-7/h6-13,18-20H,4-5H2,1-3H3/q+1. The Balaban J connectivity index is 1.98. The molecule has 9 unspecified atom stereocenters. The van der Waals surface area contributed by atoms with Crippen LogP contribution < -0.4 is 10.4 Å². The Labute approximate surface area is 149 Å². The van der Waals surface area contributed by atoms with Crippen molar-refractivity contribution in [1.82, 2.24) is 10.4 Å². The quantitative estimate of drug-likeness (QED) is 0.396. The van der Waals surface area contributed by atoms with E-state index in [0.29, 0.717) is 6.42 Å². The van der Waals surface area contributed by atoms with Crippen LogP contribution in [0.4, 0.5) is 8.78 Å². The van der Waals surface area contributed by atoms with Crippen LogP contribution in [0.25, 0.3) is 0 Å². The molecule has 0 spiro atoms. The molecule has 2 fully saturated rings. The summed E-state index contributed by atoms with van der Waals surface area (Å²) in [4.78, 5) is 10.5. The van der Waals surface area contributed by atoms with Gasteiger partial charge in [-0.05, 0) is 13.5 Å². The van der Waals surface area contributed by atoms with Gasteiger partial charge in [0.05, 0.1) is 19.3 Å². The van der Waals surface area contributed by atoms with Gasteiger partial charge in [-0.1, -0.05) is 6.92 Å². The van der Waals surface area contributed by atoms with Crippen molar-refractivity contribution in [2.45, 2.75) is 62.0 Å². The largest absolute Gasteiger partial charge is 0.499 e. The summed E-state index contributed by atoms with van der Waals surface area (Å²) < 4.78 is 49.2. The zero-order chi connectivity index (χ0) is 18.8. The van der Waals surface area contributed by atoms with E-state index in [1.165, 1.54) is 7.11 Å². The maximum Gasteiger partial charge on any atom is 0.499 e. The first kappa shape index (κ1) is 21.4. The topological polar surface area (TPSA) is 81.2 Å². The van der Waals surface area contributed by atoms with Crippen molar-refractivity contribution in [2.75, 3.05) is 20.8 Å². The highest BCUT2D eigenvalue weighted by Gasteiger charge is 2.53. The minimum atomic E-state index is -3.64. The first-order chi connectivity index (χ1) is 11.8. The molecule has 2 aliphatic rings. The van der Waals surface area contributed by atoms with Crippen LogP contribution in [0.1, 0.15) is 13.3 Å². The molecule has 2 heterocycles. The van der Waals surface area contributed by atoms with Crippen molar-refractivity contribution in [1.29, 1.82) is 0 Å². The number of likely N-dealkylation sites (N-methyl/N-ethyl adjacent to an activating group) is 1. The number of nitrogens with one attached hydrogen (secondary N) is 2. The molecule has 2 rings (SSSR count). The smallest absolute Gasteiger partial charge is 0.380 e. The average Bonchev–Trinajstić information content (AvgIpc) is 3.03. The van der Waals surface area contributed by atoms with Crippen LogP contribution >= 0.6 is 8.09 Å². The molecule has 0 bridgehead atoms. The minimum Gasteiger partial charge on any atom is -0.380 e. The lowest BCUT2D eigenvalue weighted by Crippen LogP contribution is -2.45. The van der Waals surface area contributed by atoms with Crippen LogP contribution in [-0.2, 0) is 18.5 Å². The summed E-state index contributed by atoms with van der Waals surface area (Å²) in [7, 11) is 10.2. The van der Waals surface area contributed by atoms with Gasteiger partial charge in [-0.3, -0.25) is 0 Å². The Morgan fingerprint density at radius 3 is 2.20 bits per heavy atom. The molecule has 3 N–H and O–H groups in total. The van der Waals surface area contributed by atoms with Gasteiger partial charge in [0, 0.05) is 12.0 Å². The predicted octanol–water partition coefficient (Wildman–Crippen LogP) is -0.261. The van der Waals surface area contributed by atoms with E-state index in [2.05, 4.69) is 10.4 Å². The number of ether oxygens (including phenoxy) is 2. The Morgan fingerprint density at radius 1 is 1.12 bits per heavy atom. The van der Waals surface area contributed by atoms with Gasteiger partial charge < -0.3 is 14.8 Å². The molecule has 0 aromatic rings. The molecule has 2 saturated heterocycles. The van der Waals surface area contributed by atoms with Gasteiger partial charge in [0.25, 0.3) is 0 Å². The van der Waals surface area contributed by atoms with Gasteiger partial charge >= 0.3 is 8.09 Å². The Kier molecular flexibility index (Phi) is 7.62. The highest BCUT2D eigenvalue weighted by Crippen LogP contribution is 2.54. The van der Waals surface area contributed by atoms with Crippen LogP contribution in [0.15, 0.2) is 0 Å². The second-order valence-electron chi connectivity index (χ2n) is 6.04. The molecule has 25 heavy (non-hydrogen) atoms. The lowest BCUT2D eigenvalue weighted by Gasteiger charge is -2.24. The summed E-state index contributed by atoms with van der Waals surface area (Å²) >= 11 is 0. The van der Waals surface area contributed by atoms with Crippen LogP contribution in [0, 0.1) is 0 Å². The summed E-state index contributed by atoms with van der Waals surface area (Å²) in [5, 5.41) is 5.41. The van der Waals surface area contributed by atoms with Gasteiger partial charge in [0.2, 0.25) is 0 Å². The number of halogens is 2. The maximum atomic E-state index is 14.2. The van der Waals surface area contributed by atoms with Crippen molar-refractivity contribution >= 4 is 23.8 Å². The summed E-state index contributed by atoms with van der Waals surface area (Å²) in [5.41, 5.74) is 0. The first-order valence-electron chi connectivity index (χ1n) is 8.13. The SMILES string of the molecule is [B]C1OC(CO[P+](O)(NC2C(CC)OC([B])C2F)OC)C(NC)C1F. The fraction of sp³-hybridized carbons (Fsp3) is 1.00. The van der Waals surface area contributed by atoms with Crippen molar-refractivity contribution < 1.29 is 32.2 Å². The van der Waals surface area contributed by atoms with Gasteiger partial charge in [0.15, 0.2) is 0 Å². The number of hydrogen-bond acceptors (Lipinski definition) is 7. The lowest BCUT2D eigenvalue weighted by molar-refractivity contribution is 0.0280. The fourth-order valence-corrected chi connectivity index (χ4v) is 4.36. The molecule has 0 aromatic heterocycles. The average molecular weight is 379 g/mol. The molecule has 2 aliphatic heterocycles. The van der Waals surface area contributed by atoms with Crippen molar-refractivity contribution in [3.05, 3.63) is 0 Å². The van der Waals surface area contributed by atoms with Crippen molar-refractivity contribution in [3.8, 4) is 0 Å². The molecule has 0 amide bonds. The Hall–Kier alpha value is 0.140. The van der Waals surface area contributed by atoms with Gasteiger partial charge in [-0.2, -0.15) is 13.9 Å². The third kappa shape index (κ3) is 4.71. The summed E-state index contributed by atoms with van der Waals surface area (Å²) in [6, 6.07) is -3.77. The second-order valence-corrected chi connectivity index (χ2v) is 7.97. The molecule has 12 heteroatoms. The number of hydrogen-bond donors (Lipinski definition) is 3. The van der Waals surface area contributed by atoms with E-state index >= 15 is 0 Å². The van der Waals surface area contributed by atoms with E-state index in [1.54, 1.807) is 7.05 Å². The Bertz CT molecular complexity index is 449. The normalized spacial score (nSPS) is 44.1. The van der Waals surface area contributed by atoms with Gasteiger partial charge in [-0.25, -0.2) is 8.78 Å². The van der Waals surface area contributed by atoms with Crippen LogP contribution in [0.5, 0.6) is 0 Å². The van der Waals surface area contributed by atoms with Crippen LogP contribution in [0.3, 0.4) is 0 Å². The summed E-state index contributed by atoms with van der Waals surface area (Å²) in [6.07, 6.45) is -3.73. The Morgan fingerprint density at radius 2 is 1.68 bits per heavy atom. The van der Waals surface area contributed by atoms with Gasteiger partial charge in [-0.15, -0.1) is 5.09 Å². The summed E-state index contributed by atoms with van der Waals surface area (Å²) in [6.45, 7) is 1.61. The van der Waals surface area contributed by atoms with E-state index in [-0.39, 0.29) is 6.61 Å². The number of alkyl halides is 2. The molecule has 4 radical (unpaired) electrons. The molecule has 9 atom stereocenters. The third-order valence-corrected chi connectivity index (χ3v) is 6.11. The predicted molar refractivity (Wildman–Crippen MR) is 90.8 cm³/mol. The minimum absolute atomic E-state index is 0.196. The van der Waals surface area contributed by atoms with E-state index in [0.717, 1.165) is 0 Å². The number of rotatable bonds is 8. The monoisotopic (exact) mass is 379 g/mol. The van der Waals surface area contributed by atoms with E-state index < -0.39 is 56.7 Å². The molecule has 7 nitrogen and oxygen atoms in total. The highest BCUT2D eigenvalue weighted by molar-refractivity contribution is 7.58. The van der Waals surface area contributed by atoms with E-state index in [4.69, 9.17) is 34.2 Å². The van der Waals surface area contributed by atoms with Crippen molar-refractivity contribution in [3.63, 3.8) is 0 Å². The first-order valence-corrected chi connectivity index (χ1v) is 9.71. The molecule has 0 aromatic carbocycles. The maximum absolute atomic E-state index is 14.2. The molecule has 140 valence electrons. The molecule has 0 saturated carbocycles. The zero-order valence-corrected chi connectivity index (χ0v) is 15.4. The van der Waals surface area contributed by atoms with Gasteiger partial charge in [0.1, 0.15) is 46.8 Å². The van der Waals surface area contributed by atoms with Crippen LogP contribution in [-0.4, -0.2) is 90.0 Å². The molecular weight excluding hydrogens is 355 g/mol. The highest BCUT2D eigenvalue weighted by atomic mass is 31.2. The van der Waals surface area contributed by atoms with Crippen molar-refractivity contribution in [2.24, 2.45) is 0 Å². The third-order valence-electron chi connectivity index (χ3n) is 4.49. The second kappa shape index (κ2) is 8.89. The van der Waals surface area contributed by atoms with E-state index in [9.17, 15) is 13.7 Å². The molecular formula is C13H24B2F2N2O5P+. The van der Waals surface area contributed by atoms with E-state index in [1.807, 2.05) is 6.92 Å². The summed E-state index contributed by atoms with van der Waals surface area (Å²) in [5.74, 6) is 0. The molecule has 0 aliphatic carbocycles. The zero-order valence-electron chi connectivity index (χ0n) is 14.5. The lowest BCUT2D eigenvalue weighted by atomic mass is 9.93.